The fourth-order valence-electron chi connectivity index (χ4n) is 9.28. The number of piperidine rings is 1. The van der Waals surface area contributed by atoms with Crippen molar-refractivity contribution in [1.29, 1.82) is 0 Å². The Bertz CT molecular complexity index is 2050. The molecule has 2 fully saturated rings. The summed E-state index contributed by atoms with van der Waals surface area (Å²) in [5.41, 5.74) is 7.46. The van der Waals surface area contributed by atoms with Gasteiger partial charge in [0.25, 0.3) is 0 Å². The van der Waals surface area contributed by atoms with E-state index in [0.717, 1.165) is 76.4 Å². The highest BCUT2D eigenvalue weighted by atomic mass is 35.5. The number of aromatic hydroxyl groups is 1. The molecule has 1 saturated heterocycles. The van der Waals surface area contributed by atoms with Gasteiger partial charge in [-0.2, -0.15) is 0 Å². The summed E-state index contributed by atoms with van der Waals surface area (Å²) in [7, 11) is 0. The molecular formula is C39H34ClN3O3. The van der Waals surface area contributed by atoms with Crippen molar-refractivity contribution in [3.8, 4) is 22.6 Å². The Morgan fingerprint density at radius 1 is 0.978 bits per heavy atom. The van der Waals surface area contributed by atoms with Gasteiger partial charge in [0.15, 0.2) is 17.6 Å². The Balaban J connectivity index is 1.16. The molecule has 1 spiro atoms. The van der Waals surface area contributed by atoms with Crippen LogP contribution in [-0.4, -0.2) is 44.7 Å². The number of nitrogens with zero attached hydrogens (tertiary/aromatic N) is 3. The molecule has 6 nitrogen and oxygen atoms in total. The maximum absolute atomic E-state index is 11.2. The van der Waals surface area contributed by atoms with Crippen molar-refractivity contribution >= 4 is 22.5 Å². The van der Waals surface area contributed by atoms with Crippen molar-refractivity contribution in [3.63, 3.8) is 0 Å². The first-order valence-corrected chi connectivity index (χ1v) is 16.9. The highest BCUT2D eigenvalue weighted by Crippen LogP contribution is 2.69. The van der Waals surface area contributed by atoms with Crippen LogP contribution >= 0.6 is 11.6 Å². The van der Waals surface area contributed by atoms with Gasteiger partial charge in [0.2, 0.25) is 0 Å². The van der Waals surface area contributed by atoms with Gasteiger partial charge in [0.05, 0.1) is 28.9 Å². The zero-order valence-electron chi connectivity index (χ0n) is 25.5. The Morgan fingerprint density at radius 3 is 2.72 bits per heavy atom. The summed E-state index contributed by atoms with van der Waals surface area (Å²) in [5.74, 6) is 1.57. The molecule has 46 heavy (non-hydrogen) atoms. The number of aromatic nitrogens is 2. The molecule has 0 amide bonds. The maximum Gasteiger partial charge on any atom is 0.166 e. The van der Waals surface area contributed by atoms with Crippen LogP contribution in [0.15, 0.2) is 85.1 Å². The molecule has 230 valence electrons. The van der Waals surface area contributed by atoms with Crippen molar-refractivity contribution in [3.05, 3.63) is 118 Å². The SMILES string of the molecule is Oc1ccc2c3c1O[C@H]1c4ncc(-c5ccc(Cl)cc5)cc4C[C@@]4(OCc5ccc6ccccc6n5)[C@@H](C2)N(CC2CC2)CC[C@]314. The van der Waals surface area contributed by atoms with E-state index in [1.807, 2.05) is 48.7 Å². The number of hydrogen-bond acceptors (Lipinski definition) is 6. The van der Waals surface area contributed by atoms with Crippen LogP contribution in [0.5, 0.6) is 11.5 Å². The molecule has 0 radical (unpaired) electrons. The molecule has 2 bridgehead atoms. The summed E-state index contributed by atoms with van der Waals surface area (Å²) in [6.07, 6.45) is 6.67. The fraction of sp³-hybridized carbons (Fsp3) is 0.333. The Hall–Kier alpha value is -3.97. The van der Waals surface area contributed by atoms with Crippen LogP contribution in [-0.2, 0) is 29.6 Å². The lowest BCUT2D eigenvalue weighted by atomic mass is 9.48. The summed E-state index contributed by atoms with van der Waals surface area (Å²) in [4.78, 5) is 12.9. The van der Waals surface area contributed by atoms with Gasteiger partial charge in [-0.1, -0.05) is 54.1 Å². The maximum atomic E-state index is 11.2. The van der Waals surface area contributed by atoms with Gasteiger partial charge < -0.3 is 14.6 Å². The molecule has 3 aliphatic carbocycles. The van der Waals surface area contributed by atoms with Gasteiger partial charge in [-0.25, -0.2) is 0 Å². The molecule has 5 aliphatic rings. The number of phenols is 1. The number of rotatable bonds is 6. The topological polar surface area (TPSA) is 67.7 Å². The lowest BCUT2D eigenvalue weighted by Gasteiger charge is -2.64. The van der Waals surface area contributed by atoms with Gasteiger partial charge in [0.1, 0.15) is 5.60 Å². The molecular weight excluding hydrogens is 594 g/mol. The highest BCUT2D eigenvalue weighted by Gasteiger charge is 2.74. The van der Waals surface area contributed by atoms with Crippen molar-refractivity contribution in [2.75, 3.05) is 13.1 Å². The van der Waals surface area contributed by atoms with E-state index in [1.54, 1.807) is 0 Å². The number of halogens is 1. The number of pyridine rings is 2. The van der Waals surface area contributed by atoms with Crippen LogP contribution in [0.25, 0.3) is 22.0 Å². The number of hydrogen-bond donors (Lipinski definition) is 1. The largest absolute Gasteiger partial charge is 0.504 e. The summed E-state index contributed by atoms with van der Waals surface area (Å²) >= 11 is 6.24. The molecule has 4 atom stereocenters. The van der Waals surface area contributed by atoms with E-state index in [9.17, 15) is 5.11 Å². The summed E-state index contributed by atoms with van der Waals surface area (Å²) in [5, 5.41) is 13.1. The minimum atomic E-state index is -0.600. The Kier molecular flexibility index (Phi) is 5.77. The lowest BCUT2D eigenvalue weighted by Crippen LogP contribution is -2.75. The number of benzene rings is 3. The number of para-hydroxylation sites is 1. The van der Waals surface area contributed by atoms with E-state index in [1.165, 1.54) is 18.4 Å². The third-order valence-electron chi connectivity index (χ3n) is 11.5. The summed E-state index contributed by atoms with van der Waals surface area (Å²) < 4.78 is 14.4. The second-order valence-corrected chi connectivity index (χ2v) is 14.4. The molecule has 0 unspecified atom stereocenters. The van der Waals surface area contributed by atoms with E-state index in [4.69, 9.17) is 31.0 Å². The monoisotopic (exact) mass is 627 g/mol. The third kappa shape index (κ3) is 3.78. The van der Waals surface area contributed by atoms with Gasteiger partial charge in [0, 0.05) is 46.7 Å². The van der Waals surface area contributed by atoms with Crippen LogP contribution in [0.4, 0.5) is 0 Å². The van der Waals surface area contributed by atoms with E-state index < -0.39 is 11.0 Å². The Labute approximate surface area is 273 Å². The van der Waals surface area contributed by atoms with Gasteiger partial charge in [-0.15, -0.1) is 0 Å². The van der Waals surface area contributed by atoms with Crippen LogP contribution in [0, 0.1) is 5.92 Å². The molecule has 4 heterocycles. The van der Waals surface area contributed by atoms with Crippen LogP contribution in [0.3, 0.4) is 0 Å². The molecule has 2 aromatic heterocycles. The Morgan fingerprint density at radius 2 is 1.85 bits per heavy atom. The highest BCUT2D eigenvalue weighted by molar-refractivity contribution is 6.30. The van der Waals surface area contributed by atoms with E-state index in [-0.39, 0.29) is 17.9 Å². The predicted octanol–water partition coefficient (Wildman–Crippen LogP) is 7.58. The first kappa shape index (κ1) is 27.2. The summed E-state index contributed by atoms with van der Waals surface area (Å²) in [6.45, 7) is 2.48. The van der Waals surface area contributed by atoms with Crippen LogP contribution < -0.4 is 4.74 Å². The molecule has 2 aliphatic heterocycles. The quantitative estimate of drug-likeness (QED) is 0.209. The molecule has 7 heteroatoms. The van der Waals surface area contributed by atoms with Crippen molar-refractivity contribution in [1.82, 2.24) is 14.9 Å². The van der Waals surface area contributed by atoms with Crippen molar-refractivity contribution < 1.29 is 14.6 Å². The average Bonchev–Trinajstić information content (AvgIpc) is 3.83. The minimum Gasteiger partial charge on any atom is -0.504 e. The van der Waals surface area contributed by atoms with Gasteiger partial charge >= 0.3 is 0 Å². The zero-order chi connectivity index (χ0) is 30.6. The third-order valence-corrected chi connectivity index (χ3v) is 11.7. The van der Waals surface area contributed by atoms with Gasteiger partial charge in [-0.05, 0) is 91.2 Å². The molecule has 10 rings (SSSR count). The van der Waals surface area contributed by atoms with E-state index in [2.05, 4.69) is 41.3 Å². The molecule has 1 N–H and O–H groups in total. The first-order chi connectivity index (χ1) is 22.5. The predicted molar refractivity (Wildman–Crippen MR) is 177 cm³/mol. The average molecular weight is 628 g/mol. The minimum absolute atomic E-state index is 0.156. The van der Waals surface area contributed by atoms with Crippen molar-refractivity contribution in [2.45, 2.75) is 61.9 Å². The fourth-order valence-corrected chi connectivity index (χ4v) is 9.40. The van der Waals surface area contributed by atoms with Crippen LogP contribution in [0.1, 0.15) is 53.4 Å². The van der Waals surface area contributed by atoms with Gasteiger partial charge in [-0.3, -0.25) is 14.9 Å². The van der Waals surface area contributed by atoms with Crippen molar-refractivity contribution in [2.24, 2.45) is 5.92 Å². The molecule has 1 saturated carbocycles. The number of ether oxygens (including phenoxy) is 2. The smallest absolute Gasteiger partial charge is 0.166 e. The van der Waals surface area contributed by atoms with E-state index >= 15 is 0 Å². The molecule has 5 aromatic rings. The van der Waals surface area contributed by atoms with E-state index in [0.29, 0.717) is 23.8 Å². The zero-order valence-corrected chi connectivity index (χ0v) is 26.2. The van der Waals surface area contributed by atoms with Crippen LogP contribution in [0.2, 0.25) is 5.02 Å². The standard InChI is InChI=1S/C39H34ClN3O3/c40-29-11-7-24(8-12-29)28-17-27-19-39(45-22-30-13-9-25-3-1-2-4-31(25)42-30)33-18-26-10-14-32(44)36-34(26)38(39,37(46-36)35(27)41-20-28)15-16-43(33)21-23-5-6-23/h1-4,7-14,17,20,23,33,37,44H,5-6,15-16,18-19,21-22H2/t33-,37+,38+,39-/m1/s1. The number of fused-ring (bicyclic) bond motifs is 3. The first-order valence-electron chi connectivity index (χ1n) is 16.5. The summed E-state index contributed by atoms with van der Waals surface area (Å²) in [6, 6.07) is 26.8. The number of likely N-dealkylation sites (tertiary alicyclic amines) is 1. The lowest BCUT2D eigenvalue weighted by molar-refractivity contribution is -0.211. The normalized spacial score (nSPS) is 27.2. The second kappa shape index (κ2) is 9.77. The second-order valence-electron chi connectivity index (χ2n) is 14.0. The number of phenolic OH excluding ortho intramolecular Hbond substituents is 1. The molecule has 3 aromatic carbocycles.